The van der Waals surface area contributed by atoms with Crippen molar-refractivity contribution in [3.63, 3.8) is 0 Å². The molecule has 1 aromatic heterocycles. The fourth-order valence-corrected chi connectivity index (χ4v) is 1.44. The lowest BCUT2D eigenvalue weighted by molar-refractivity contribution is -0.111. The summed E-state index contributed by atoms with van der Waals surface area (Å²) in [6.07, 6.45) is 1.13. The number of carboxylic acids is 1. The highest BCUT2D eigenvalue weighted by Gasteiger charge is 2.07. The Kier molecular flexibility index (Phi) is 2.81. The standard InChI is InChI=1S/C8H7NO3S/c1-2-6(10)9-7-4-3-5(13-7)8(11)12/h2-4H,1H2,(H,9,10)(H,11,12). The van der Waals surface area contributed by atoms with Crippen LogP contribution in [0.2, 0.25) is 0 Å². The van der Waals surface area contributed by atoms with Crippen molar-refractivity contribution in [2.24, 2.45) is 0 Å². The number of carbonyl (C=O) groups is 2. The van der Waals surface area contributed by atoms with Crippen LogP contribution < -0.4 is 5.32 Å². The van der Waals surface area contributed by atoms with Crippen molar-refractivity contribution in [3.05, 3.63) is 29.7 Å². The van der Waals surface area contributed by atoms with Crippen molar-refractivity contribution < 1.29 is 14.7 Å². The van der Waals surface area contributed by atoms with Crippen molar-refractivity contribution in [1.29, 1.82) is 0 Å². The molecule has 0 aliphatic rings. The van der Waals surface area contributed by atoms with Gasteiger partial charge in [0.15, 0.2) is 0 Å². The van der Waals surface area contributed by atoms with Crippen LogP contribution in [0.4, 0.5) is 5.00 Å². The van der Waals surface area contributed by atoms with Gasteiger partial charge in [0.05, 0.1) is 5.00 Å². The molecule has 4 nitrogen and oxygen atoms in total. The second-order valence-electron chi connectivity index (χ2n) is 2.16. The van der Waals surface area contributed by atoms with Crippen molar-refractivity contribution in [2.75, 3.05) is 5.32 Å². The second-order valence-corrected chi connectivity index (χ2v) is 3.25. The van der Waals surface area contributed by atoms with Crippen LogP contribution in [0.25, 0.3) is 0 Å². The Morgan fingerprint density at radius 2 is 2.23 bits per heavy atom. The molecule has 68 valence electrons. The van der Waals surface area contributed by atoms with E-state index in [1.165, 1.54) is 12.1 Å². The van der Waals surface area contributed by atoms with Crippen molar-refractivity contribution >= 4 is 28.2 Å². The van der Waals surface area contributed by atoms with Gasteiger partial charge >= 0.3 is 5.97 Å². The molecule has 0 aliphatic heterocycles. The summed E-state index contributed by atoms with van der Waals surface area (Å²) in [5, 5.41) is 11.5. The third-order valence-electron chi connectivity index (χ3n) is 1.25. The number of nitrogens with one attached hydrogen (secondary N) is 1. The second kappa shape index (κ2) is 3.86. The highest BCUT2D eigenvalue weighted by atomic mass is 32.1. The summed E-state index contributed by atoms with van der Waals surface area (Å²) in [6.45, 7) is 3.27. The predicted octanol–water partition coefficient (Wildman–Crippen LogP) is 1.57. The first-order chi connectivity index (χ1) is 6.13. The molecule has 0 aromatic carbocycles. The summed E-state index contributed by atoms with van der Waals surface area (Å²) in [5.74, 6) is -1.34. The molecule has 0 unspecified atom stereocenters. The van der Waals surface area contributed by atoms with Gasteiger partial charge in [-0.25, -0.2) is 4.79 Å². The van der Waals surface area contributed by atoms with E-state index in [0.717, 1.165) is 17.4 Å². The Morgan fingerprint density at radius 1 is 1.54 bits per heavy atom. The first-order valence-electron chi connectivity index (χ1n) is 3.40. The summed E-state index contributed by atoms with van der Waals surface area (Å²) < 4.78 is 0. The Bertz CT molecular complexity index is 356. The van der Waals surface area contributed by atoms with Gasteiger partial charge in [0, 0.05) is 0 Å². The minimum Gasteiger partial charge on any atom is -0.477 e. The molecular formula is C8H7NO3S. The average Bonchev–Trinajstić information content (AvgIpc) is 2.52. The number of carboxylic acid groups (broad SMARTS) is 1. The molecule has 13 heavy (non-hydrogen) atoms. The molecule has 0 saturated heterocycles. The largest absolute Gasteiger partial charge is 0.477 e. The molecule has 0 radical (unpaired) electrons. The average molecular weight is 197 g/mol. The Hall–Kier alpha value is -1.62. The van der Waals surface area contributed by atoms with Crippen LogP contribution in [0.5, 0.6) is 0 Å². The zero-order valence-corrected chi connectivity index (χ0v) is 7.43. The molecule has 1 rings (SSSR count). The zero-order chi connectivity index (χ0) is 9.84. The first-order valence-corrected chi connectivity index (χ1v) is 4.21. The molecule has 1 heterocycles. The molecular weight excluding hydrogens is 190 g/mol. The van der Waals surface area contributed by atoms with E-state index in [0.29, 0.717) is 5.00 Å². The van der Waals surface area contributed by atoms with Crippen molar-refractivity contribution in [3.8, 4) is 0 Å². The van der Waals surface area contributed by atoms with Gasteiger partial charge < -0.3 is 10.4 Å². The number of thiophene rings is 1. The number of rotatable bonds is 3. The fourth-order valence-electron chi connectivity index (χ4n) is 0.692. The minimum absolute atomic E-state index is 0.194. The topological polar surface area (TPSA) is 66.4 Å². The van der Waals surface area contributed by atoms with Gasteiger partial charge in [0.1, 0.15) is 4.88 Å². The van der Waals surface area contributed by atoms with Crippen LogP contribution in [-0.4, -0.2) is 17.0 Å². The summed E-state index contributed by atoms with van der Waals surface area (Å²) in [6, 6.07) is 2.97. The molecule has 1 aromatic rings. The lowest BCUT2D eigenvalue weighted by Crippen LogP contribution is -2.05. The zero-order valence-electron chi connectivity index (χ0n) is 6.61. The Balaban J connectivity index is 2.74. The minimum atomic E-state index is -0.996. The SMILES string of the molecule is C=CC(=O)Nc1ccc(C(=O)O)s1. The lowest BCUT2D eigenvalue weighted by atomic mass is 10.5. The normalized spacial score (nSPS) is 9.23. The number of carbonyl (C=O) groups excluding carboxylic acids is 1. The van der Waals surface area contributed by atoms with E-state index in [1.807, 2.05) is 0 Å². The molecule has 0 atom stereocenters. The van der Waals surface area contributed by atoms with Gasteiger partial charge in [-0.15, -0.1) is 11.3 Å². The fraction of sp³-hybridized carbons (Fsp3) is 0. The molecule has 5 heteroatoms. The van der Waals surface area contributed by atoms with E-state index in [9.17, 15) is 9.59 Å². The summed E-state index contributed by atoms with van der Waals surface area (Å²) in [7, 11) is 0. The third-order valence-corrected chi connectivity index (χ3v) is 2.24. The van der Waals surface area contributed by atoms with Crippen LogP contribution >= 0.6 is 11.3 Å². The van der Waals surface area contributed by atoms with E-state index in [2.05, 4.69) is 11.9 Å². The maximum atomic E-state index is 10.8. The van der Waals surface area contributed by atoms with Gasteiger partial charge in [-0.1, -0.05) is 6.58 Å². The van der Waals surface area contributed by atoms with Gasteiger partial charge in [0.2, 0.25) is 5.91 Å². The summed E-state index contributed by atoms with van der Waals surface area (Å²) >= 11 is 1.01. The predicted molar refractivity (Wildman–Crippen MR) is 50.1 cm³/mol. The molecule has 0 fully saturated rings. The van der Waals surface area contributed by atoms with Crippen LogP contribution in [0.3, 0.4) is 0 Å². The number of amides is 1. The first kappa shape index (κ1) is 9.47. The number of aromatic carboxylic acids is 1. The molecule has 0 spiro atoms. The Morgan fingerprint density at radius 3 is 2.69 bits per heavy atom. The van der Waals surface area contributed by atoms with Gasteiger partial charge in [-0.3, -0.25) is 4.79 Å². The van der Waals surface area contributed by atoms with Gasteiger partial charge in [0.25, 0.3) is 0 Å². The molecule has 1 amide bonds. The van der Waals surface area contributed by atoms with Crippen molar-refractivity contribution in [1.82, 2.24) is 0 Å². The van der Waals surface area contributed by atoms with E-state index in [1.54, 1.807) is 0 Å². The van der Waals surface area contributed by atoms with Crippen LogP contribution in [0, 0.1) is 0 Å². The molecule has 2 N–H and O–H groups in total. The highest BCUT2D eigenvalue weighted by molar-refractivity contribution is 7.18. The van der Waals surface area contributed by atoms with E-state index < -0.39 is 5.97 Å². The lowest BCUT2D eigenvalue weighted by Gasteiger charge is -1.94. The quantitative estimate of drug-likeness (QED) is 0.723. The van der Waals surface area contributed by atoms with Crippen LogP contribution in [-0.2, 0) is 4.79 Å². The van der Waals surface area contributed by atoms with E-state index >= 15 is 0 Å². The number of hydrogen-bond donors (Lipinski definition) is 2. The monoisotopic (exact) mass is 197 g/mol. The van der Waals surface area contributed by atoms with Crippen LogP contribution in [0.15, 0.2) is 24.8 Å². The van der Waals surface area contributed by atoms with E-state index in [4.69, 9.17) is 5.11 Å². The number of anilines is 1. The molecule has 0 bridgehead atoms. The maximum absolute atomic E-state index is 10.8. The van der Waals surface area contributed by atoms with Crippen LogP contribution in [0.1, 0.15) is 9.67 Å². The smallest absolute Gasteiger partial charge is 0.345 e. The van der Waals surface area contributed by atoms with Gasteiger partial charge in [-0.2, -0.15) is 0 Å². The maximum Gasteiger partial charge on any atom is 0.345 e. The Labute approximate surface area is 78.5 Å². The van der Waals surface area contributed by atoms with E-state index in [-0.39, 0.29) is 10.8 Å². The molecule has 0 aliphatic carbocycles. The van der Waals surface area contributed by atoms with Crippen molar-refractivity contribution in [2.45, 2.75) is 0 Å². The summed E-state index contributed by atoms with van der Waals surface area (Å²) in [5.41, 5.74) is 0. The molecule has 0 saturated carbocycles. The van der Waals surface area contributed by atoms with Gasteiger partial charge in [-0.05, 0) is 18.2 Å². The highest BCUT2D eigenvalue weighted by Crippen LogP contribution is 2.21. The summed E-state index contributed by atoms with van der Waals surface area (Å²) in [4.78, 5) is 21.4. The number of hydrogen-bond acceptors (Lipinski definition) is 3. The third kappa shape index (κ3) is 2.41.